The van der Waals surface area contributed by atoms with Crippen LogP contribution in [0.25, 0.3) is 5.65 Å². The van der Waals surface area contributed by atoms with Crippen molar-refractivity contribution in [2.24, 2.45) is 0 Å². The summed E-state index contributed by atoms with van der Waals surface area (Å²) < 4.78 is 36.1. The Hall–Kier alpha value is -3.12. The normalized spacial score (nSPS) is 22.0. The molecule has 2 aliphatic heterocycles. The van der Waals surface area contributed by atoms with E-state index in [2.05, 4.69) is 25.4 Å². The molecular formula is C23H29F2N7O3. The summed E-state index contributed by atoms with van der Waals surface area (Å²) in [6.45, 7) is 1.44. The molecule has 2 N–H and O–H groups in total. The number of anilines is 2. The standard InChI is InChI=1S/C22H25F2N7O2.CH4O/c23-20(24)19-17(11-31(28-19)13-4-2-1-3-5-13)26-22(32)16-9-25-30-7-6-18(27-21(16)30)29-10-15-8-14(29)12-33-15;1-2/h6-7,9,11,13-15,20H,1-5,8,10,12H2,(H,26,32);2H,1H3. The molecule has 2 unspecified atom stereocenters. The summed E-state index contributed by atoms with van der Waals surface area (Å²) in [4.78, 5) is 20.0. The lowest BCUT2D eigenvalue weighted by molar-refractivity contribution is 0.0988. The van der Waals surface area contributed by atoms with Crippen LogP contribution in [0.3, 0.4) is 0 Å². The lowest BCUT2D eigenvalue weighted by Crippen LogP contribution is -2.37. The number of aliphatic hydroxyl groups is 1. The summed E-state index contributed by atoms with van der Waals surface area (Å²) in [6.07, 6.45) is 8.17. The van der Waals surface area contributed by atoms with E-state index in [0.29, 0.717) is 12.3 Å². The molecule has 3 aliphatic rings. The third-order valence-corrected chi connectivity index (χ3v) is 6.96. The molecule has 3 aromatic rings. The molecule has 6 rings (SSSR count). The Balaban J connectivity index is 0.00000124. The first kappa shape index (κ1) is 23.6. The van der Waals surface area contributed by atoms with Gasteiger partial charge in [-0.3, -0.25) is 9.48 Å². The summed E-state index contributed by atoms with van der Waals surface area (Å²) in [5.74, 6) is 0.220. The van der Waals surface area contributed by atoms with Gasteiger partial charge in [-0.25, -0.2) is 18.3 Å². The Morgan fingerprint density at radius 3 is 2.71 bits per heavy atom. The van der Waals surface area contributed by atoms with Crippen LogP contribution >= 0.6 is 0 Å². The maximum absolute atomic E-state index is 13.7. The third-order valence-electron chi connectivity index (χ3n) is 6.96. The zero-order valence-electron chi connectivity index (χ0n) is 19.5. The highest BCUT2D eigenvalue weighted by molar-refractivity contribution is 6.08. The van der Waals surface area contributed by atoms with E-state index in [1.165, 1.54) is 16.9 Å². The van der Waals surface area contributed by atoms with Crippen LogP contribution in [0.2, 0.25) is 0 Å². The number of rotatable bonds is 5. The zero-order chi connectivity index (χ0) is 24.5. The fourth-order valence-corrected chi connectivity index (χ4v) is 5.25. The average Bonchev–Trinajstić information content (AvgIpc) is 3.68. The van der Waals surface area contributed by atoms with Gasteiger partial charge < -0.3 is 20.1 Å². The number of halogens is 2. The molecule has 12 heteroatoms. The summed E-state index contributed by atoms with van der Waals surface area (Å²) >= 11 is 0. The molecule has 3 aromatic heterocycles. The van der Waals surface area contributed by atoms with Gasteiger partial charge in [0.15, 0.2) is 11.3 Å². The van der Waals surface area contributed by atoms with E-state index in [4.69, 9.17) is 9.84 Å². The molecule has 0 spiro atoms. The van der Waals surface area contributed by atoms with Gasteiger partial charge in [0.2, 0.25) is 0 Å². The van der Waals surface area contributed by atoms with E-state index >= 15 is 0 Å². The molecule has 0 radical (unpaired) electrons. The van der Waals surface area contributed by atoms with Gasteiger partial charge in [-0.15, -0.1) is 0 Å². The van der Waals surface area contributed by atoms with Crippen LogP contribution in [-0.2, 0) is 4.74 Å². The van der Waals surface area contributed by atoms with Crippen LogP contribution in [0.1, 0.15) is 67.0 Å². The monoisotopic (exact) mass is 489 g/mol. The number of ether oxygens (including phenoxy) is 1. The summed E-state index contributed by atoms with van der Waals surface area (Å²) in [5, 5.41) is 18.0. The van der Waals surface area contributed by atoms with Gasteiger partial charge in [0, 0.05) is 26.0 Å². The molecule has 0 aromatic carbocycles. The quantitative estimate of drug-likeness (QED) is 0.566. The van der Waals surface area contributed by atoms with Crippen LogP contribution in [0, 0.1) is 0 Å². The number of aliphatic hydroxyl groups excluding tert-OH is 1. The van der Waals surface area contributed by atoms with Gasteiger partial charge in [-0.05, 0) is 25.3 Å². The summed E-state index contributed by atoms with van der Waals surface area (Å²) in [6, 6.07) is 2.23. The number of nitrogens with one attached hydrogen (secondary N) is 1. The number of fused-ring (bicyclic) bond motifs is 3. The smallest absolute Gasteiger partial charge is 0.284 e. The number of alkyl halides is 2. The highest BCUT2D eigenvalue weighted by Gasteiger charge is 2.39. The van der Waals surface area contributed by atoms with Crippen LogP contribution in [0.4, 0.5) is 20.3 Å². The van der Waals surface area contributed by atoms with E-state index in [9.17, 15) is 13.6 Å². The number of hydrogen-bond donors (Lipinski definition) is 2. The Bertz CT molecular complexity index is 1190. The van der Waals surface area contributed by atoms with Gasteiger partial charge in [-0.1, -0.05) is 19.3 Å². The lowest BCUT2D eigenvalue weighted by Gasteiger charge is -2.27. The zero-order valence-corrected chi connectivity index (χ0v) is 19.5. The van der Waals surface area contributed by atoms with E-state index in [1.54, 1.807) is 10.9 Å². The predicted molar refractivity (Wildman–Crippen MR) is 124 cm³/mol. The van der Waals surface area contributed by atoms with Crippen LogP contribution in [0.5, 0.6) is 0 Å². The van der Waals surface area contributed by atoms with Crippen molar-refractivity contribution in [2.75, 3.05) is 30.5 Å². The molecular weight excluding hydrogens is 460 g/mol. The van der Waals surface area contributed by atoms with E-state index < -0.39 is 18.0 Å². The number of amides is 1. The first-order chi connectivity index (χ1) is 17.1. The van der Waals surface area contributed by atoms with Crippen LogP contribution < -0.4 is 10.2 Å². The van der Waals surface area contributed by atoms with Crippen molar-refractivity contribution < 1.29 is 23.4 Å². The van der Waals surface area contributed by atoms with E-state index in [0.717, 1.165) is 58.0 Å². The Morgan fingerprint density at radius 1 is 1.23 bits per heavy atom. The molecule has 10 nitrogen and oxygen atoms in total. The Kier molecular flexibility index (Phi) is 6.65. The number of hydrogen-bond acceptors (Lipinski definition) is 7. The SMILES string of the molecule is CO.O=C(Nc1cn(C2CCCCC2)nc1C(F)F)c1cnn2ccc(N3CC4CC3CO4)nc12. The average molecular weight is 490 g/mol. The molecule has 2 saturated heterocycles. The number of carbonyl (C=O) groups excluding carboxylic acids is 1. The summed E-state index contributed by atoms with van der Waals surface area (Å²) in [5.41, 5.74) is 0.229. The molecule has 1 aliphatic carbocycles. The summed E-state index contributed by atoms with van der Waals surface area (Å²) in [7, 11) is 1.00. The maximum atomic E-state index is 13.7. The van der Waals surface area contributed by atoms with Crippen molar-refractivity contribution >= 4 is 23.1 Å². The number of morpholine rings is 1. The van der Waals surface area contributed by atoms with E-state index in [-0.39, 0.29) is 29.4 Å². The van der Waals surface area contributed by atoms with Crippen molar-refractivity contribution in [1.82, 2.24) is 24.4 Å². The minimum atomic E-state index is -2.79. The van der Waals surface area contributed by atoms with Crippen molar-refractivity contribution in [3.63, 3.8) is 0 Å². The van der Waals surface area contributed by atoms with Gasteiger partial charge in [0.05, 0.1) is 36.7 Å². The fraction of sp³-hybridized carbons (Fsp3) is 0.565. The number of carbonyl (C=O) groups is 1. The molecule has 188 valence electrons. The van der Waals surface area contributed by atoms with Crippen molar-refractivity contribution in [3.05, 3.63) is 35.9 Å². The second-order valence-electron chi connectivity index (χ2n) is 9.06. The first-order valence-electron chi connectivity index (χ1n) is 11.9. The molecule has 3 fully saturated rings. The second kappa shape index (κ2) is 9.86. The second-order valence-corrected chi connectivity index (χ2v) is 9.06. The van der Waals surface area contributed by atoms with Gasteiger partial charge in [0.25, 0.3) is 12.3 Å². The van der Waals surface area contributed by atoms with Gasteiger partial charge in [0.1, 0.15) is 11.4 Å². The number of nitrogens with zero attached hydrogens (tertiary/aromatic N) is 6. The molecule has 35 heavy (non-hydrogen) atoms. The first-order valence-corrected chi connectivity index (χ1v) is 11.9. The molecule has 2 atom stereocenters. The van der Waals surface area contributed by atoms with Crippen molar-refractivity contribution in [2.45, 2.75) is 63.1 Å². The minimum Gasteiger partial charge on any atom is -0.400 e. The molecule has 5 heterocycles. The van der Waals surface area contributed by atoms with Gasteiger partial charge in [-0.2, -0.15) is 10.2 Å². The minimum absolute atomic E-state index is 0.0325. The highest BCUT2D eigenvalue weighted by Crippen LogP contribution is 2.34. The Morgan fingerprint density at radius 2 is 2.03 bits per heavy atom. The highest BCUT2D eigenvalue weighted by atomic mass is 19.3. The molecule has 1 saturated carbocycles. The number of aromatic nitrogens is 5. The van der Waals surface area contributed by atoms with Gasteiger partial charge >= 0.3 is 0 Å². The third kappa shape index (κ3) is 4.47. The Labute approximate surface area is 200 Å². The molecule has 1 amide bonds. The topological polar surface area (TPSA) is 110 Å². The molecule has 2 bridgehead atoms. The van der Waals surface area contributed by atoms with Crippen LogP contribution in [0.15, 0.2) is 24.7 Å². The van der Waals surface area contributed by atoms with Crippen LogP contribution in [-0.4, -0.2) is 67.8 Å². The predicted octanol–water partition coefficient (Wildman–Crippen LogP) is 3.21. The maximum Gasteiger partial charge on any atom is 0.284 e. The van der Waals surface area contributed by atoms with E-state index in [1.807, 2.05) is 6.07 Å². The lowest BCUT2D eigenvalue weighted by atomic mass is 9.96. The van der Waals surface area contributed by atoms with Crippen molar-refractivity contribution in [3.8, 4) is 0 Å². The largest absolute Gasteiger partial charge is 0.400 e. The van der Waals surface area contributed by atoms with Crippen molar-refractivity contribution in [1.29, 1.82) is 0 Å². The fourth-order valence-electron chi connectivity index (χ4n) is 5.25.